The van der Waals surface area contributed by atoms with Crippen molar-refractivity contribution in [2.24, 2.45) is 0 Å². The maximum absolute atomic E-state index is 12.0. The summed E-state index contributed by atoms with van der Waals surface area (Å²) in [5.41, 5.74) is 1.39. The van der Waals surface area contributed by atoms with E-state index in [4.69, 9.17) is 0 Å². The number of hydrogen-bond donors (Lipinski definition) is 1. The molecule has 2 aromatic heterocycles. The molecule has 1 amide bonds. The number of rotatable bonds is 3. The van der Waals surface area contributed by atoms with E-state index in [1.54, 1.807) is 29.8 Å². The van der Waals surface area contributed by atoms with Gasteiger partial charge in [-0.15, -0.1) is 11.3 Å². The lowest BCUT2D eigenvalue weighted by Crippen LogP contribution is -2.16. The number of fused-ring (bicyclic) bond motifs is 1. The number of para-hydroxylation sites is 1. The summed E-state index contributed by atoms with van der Waals surface area (Å²) in [7, 11) is 0. The van der Waals surface area contributed by atoms with Crippen molar-refractivity contribution in [2.45, 2.75) is 26.2 Å². The van der Waals surface area contributed by atoms with Gasteiger partial charge in [0.2, 0.25) is 5.91 Å². The van der Waals surface area contributed by atoms with Gasteiger partial charge in [-0.1, -0.05) is 32.9 Å². The predicted molar refractivity (Wildman–Crippen MR) is 98.0 cm³/mol. The molecule has 0 aliphatic carbocycles. The molecule has 0 radical (unpaired) electrons. The Morgan fingerprint density at radius 3 is 2.54 bits per heavy atom. The van der Waals surface area contributed by atoms with E-state index in [9.17, 15) is 4.79 Å². The molecule has 0 atom stereocenters. The molecule has 24 heavy (non-hydrogen) atoms. The summed E-state index contributed by atoms with van der Waals surface area (Å²) in [6, 6.07) is 7.89. The van der Waals surface area contributed by atoms with Crippen molar-refractivity contribution in [3.63, 3.8) is 0 Å². The van der Waals surface area contributed by atoms with Crippen LogP contribution in [0.25, 0.3) is 16.3 Å². The second-order valence-electron chi connectivity index (χ2n) is 6.39. The van der Waals surface area contributed by atoms with Gasteiger partial charge in [-0.3, -0.25) is 4.79 Å². The summed E-state index contributed by atoms with van der Waals surface area (Å²) in [6.07, 6.45) is 6.42. The van der Waals surface area contributed by atoms with E-state index < -0.39 is 0 Å². The number of carbonyl (C=O) groups is 1. The zero-order valence-electron chi connectivity index (χ0n) is 13.8. The summed E-state index contributed by atoms with van der Waals surface area (Å²) in [6.45, 7) is 6.13. The van der Waals surface area contributed by atoms with Crippen LogP contribution in [0, 0.1) is 0 Å². The summed E-state index contributed by atoms with van der Waals surface area (Å²) < 4.78 is 1.10. The van der Waals surface area contributed by atoms with Crippen molar-refractivity contribution in [2.75, 3.05) is 5.32 Å². The van der Waals surface area contributed by atoms with Gasteiger partial charge in [0.15, 0.2) is 0 Å². The summed E-state index contributed by atoms with van der Waals surface area (Å²) in [5.74, 6) is 0.506. The topological polar surface area (TPSA) is 67.8 Å². The van der Waals surface area contributed by atoms with Gasteiger partial charge in [0.25, 0.3) is 0 Å². The molecule has 0 spiro atoms. The minimum absolute atomic E-state index is 0.116. The van der Waals surface area contributed by atoms with E-state index in [2.05, 4.69) is 20.3 Å². The number of benzene rings is 1. The lowest BCUT2D eigenvalue weighted by Gasteiger charge is -2.15. The van der Waals surface area contributed by atoms with Crippen LogP contribution in [0.4, 0.5) is 5.69 Å². The highest BCUT2D eigenvalue weighted by Crippen LogP contribution is 2.22. The van der Waals surface area contributed by atoms with Crippen molar-refractivity contribution < 1.29 is 4.79 Å². The Hall–Kier alpha value is -2.60. The van der Waals surface area contributed by atoms with Crippen LogP contribution in [0.2, 0.25) is 0 Å². The Balaban J connectivity index is 1.66. The second kappa shape index (κ2) is 6.49. The summed E-state index contributed by atoms with van der Waals surface area (Å²) >= 11 is 1.55. The van der Waals surface area contributed by atoms with E-state index in [-0.39, 0.29) is 11.3 Å². The van der Waals surface area contributed by atoms with Crippen LogP contribution in [0.3, 0.4) is 0 Å². The third kappa shape index (κ3) is 3.83. The number of amides is 1. The first kappa shape index (κ1) is 16.3. The first-order valence-electron chi connectivity index (χ1n) is 7.59. The van der Waals surface area contributed by atoms with E-state index in [0.717, 1.165) is 21.0 Å². The van der Waals surface area contributed by atoms with E-state index in [1.807, 2.05) is 45.0 Å². The van der Waals surface area contributed by atoms with Crippen LogP contribution in [0.1, 0.15) is 31.6 Å². The molecule has 0 fully saturated rings. The van der Waals surface area contributed by atoms with Crippen molar-refractivity contribution in [1.82, 2.24) is 15.0 Å². The van der Waals surface area contributed by atoms with E-state index in [1.165, 1.54) is 6.08 Å². The van der Waals surface area contributed by atoms with Crippen molar-refractivity contribution >= 4 is 39.2 Å². The Morgan fingerprint density at radius 1 is 1.17 bits per heavy atom. The molecule has 122 valence electrons. The molecule has 3 aromatic rings. The fraction of sp³-hybridized carbons (Fsp3) is 0.222. The molecule has 0 saturated heterocycles. The highest BCUT2D eigenvalue weighted by molar-refractivity contribution is 7.19. The van der Waals surface area contributed by atoms with Gasteiger partial charge < -0.3 is 5.32 Å². The van der Waals surface area contributed by atoms with Crippen LogP contribution < -0.4 is 5.32 Å². The summed E-state index contributed by atoms with van der Waals surface area (Å²) in [4.78, 5) is 25.0. The zero-order valence-corrected chi connectivity index (χ0v) is 14.6. The summed E-state index contributed by atoms with van der Waals surface area (Å²) in [5, 5.41) is 3.55. The van der Waals surface area contributed by atoms with Gasteiger partial charge in [0.05, 0.1) is 28.3 Å². The molecular weight excluding hydrogens is 320 g/mol. The average molecular weight is 338 g/mol. The Labute approximate surface area is 144 Å². The molecule has 1 N–H and O–H groups in total. The predicted octanol–water partition coefficient (Wildman–Crippen LogP) is 4.04. The first-order chi connectivity index (χ1) is 11.4. The highest BCUT2D eigenvalue weighted by atomic mass is 32.1. The normalized spacial score (nSPS) is 12.0. The molecule has 2 heterocycles. The molecule has 5 nitrogen and oxygen atoms in total. The van der Waals surface area contributed by atoms with Crippen LogP contribution in [-0.2, 0) is 10.2 Å². The number of carbonyl (C=O) groups excluding carboxylic acids is 1. The lowest BCUT2D eigenvalue weighted by molar-refractivity contribution is -0.111. The molecule has 0 bridgehead atoms. The van der Waals surface area contributed by atoms with Crippen LogP contribution in [-0.4, -0.2) is 20.9 Å². The molecule has 0 aliphatic rings. The standard InChI is InChI=1S/C18H18N4OS/c1-18(2,3)17-19-10-12(11-20-17)21-15(23)8-9-16-22-13-6-4-5-7-14(13)24-16/h4-11H,1-3H3,(H,21,23)/b9-8+. The largest absolute Gasteiger partial charge is 0.320 e. The molecule has 0 aliphatic heterocycles. The maximum Gasteiger partial charge on any atom is 0.248 e. The Morgan fingerprint density at radius 2 is 1.88 bits per heavy atom. The zero-order chi connectivity index (χ0) is 17.2. The van der Waals surface area contributed by atoms with Gasteiger partial charge >= 0.3 is 0 Å². The van der Waals surface area contributed by atoms with E-state index in [0.29, 0.717) is 5.69 Å². The lowest BCUT2D eigenvalue weighted by atomic mass is 9.96. The molecule has 6 heteroatoms. The van der Waals surface area contributed by atoms with Crippen LogP contribution in [0.15, 0.2) is 42.7 Å². The number of aromatic nitrogens is 3. The highest BCUT2D eigenvalue weighted by Gasteiger charge is 2.16. The quantitative estimate of drug-likeness (QED) is 0.732. The van der Waals surface area contributed by atoms with Gasteiger partial charge in [-0.05, 0) is 18.2 Å². The van der Waals surface area contributed by atoms with Crippen molar-refractivity contribution in [3.05, 3.63) is 53.6 Å². The number of hydrogen-bond acceptors (Lipinski definition) is 5. The first-order valence-corrected chi connectivity index (χ1v) is 8.41. The molecule has 0 saturated carbocycles. The Kier molecular flexibility index (Phi) is 4.40. The third-order valence-corrected chi connectivity index (χ3v) is 4.28. The smallest absolute Gasteiger partial charge is 0.248 e. The van der Waals surface area contributed by atoms with Crippen LogP contribution in [0.5, 0.6) is 0 Å². The minimum Gasteiger partial charge on any atom is -0.320 e. The minimum atomic E-state index is -0.235. The number of nitrogens with zero attached hydrogens (tertiary/aromatic N) is 3. The monoisotopic (exact) mass is 338 g/mol. The van der Waals surface area contributed by atoms with Gasteiger partial charge in [0.1, 0.15) is 10.8 Å². The van der Waals surface area contributed by atoms with Gasteiger partial charge in [-0.2, -0.15) is 0 Å². The van der Waals surface area contributed by atoms with Crippen LogP contribution >= 0.6 is 11.3 Å². The van der Waals surface area contributed by atoms with E-state index >= 15 is 0 Å². The van der Waals surface area contributed by atoms with Crippen molar-refractivity contribution in [3.8, 4) is 0 Å². The molecule has 3 rings (SSSR count). The average Bonchev–Trinajstić information content (AvgIpc) is 2.95. The fourth-order valence-corrected chi connectivity index (χ4v) is 2.94. The van der Waals surface area contributed by atoms with Gasteiger partial charge in [0, 0.05) is 11.5 Å². The molecular formula is C18H18N4OS. The molecule has 1 aromatic carbocycles. The number of anilines is 1. The fourth-order valence-electron chi connectivity index (χ4n) is 2.07. The SMILES string of the molecule is CC(C)(C)c1ncc(NC(=O)/C=C/c2nc3ccccc3s2)cn1. The third-order valence-electron chi connectivity index (χ3n) is 3.28. The molecule has 0 unspecified atom stereocenters. The second-order valence-corrected chi connectivity index (χ2v) is 7.45. The number of thiazole rings is 1. The maximum atomic E-state index is 12.0. The van der Waals surface area contributed by atoms with Gasteiger partial charge in [-0.25, -0.2) is 15.0 Å². The number of nitrogens with one attached hydrogen (secondary N) is 1. The van der Waals surface area contributed by atoms with Crippen molar-refractivity contribution in [1.29, 1.82) is 0 Å². The Bertz CT molecular complexity index is 858.